The van der Waals surface area contributed by atoms with Crippen molar-refractivity contribution in [1.29, 1.82) is 0 Å². The Morgan fingerprint density at radius 1 is 1.39 bits per heavy atom. The molecule has 0 saturated heterocycles. The summed E-state index contributed by atoms with van der Waals surface area (Å²) >= 11 is 0. The van der Waals surface area contributed by atoms with E-state index in [4.69, 9.17) is 9.47 Å². The minimum Gasteiger partial charge on any atom is -0.497 e. The largest absolute Gasteiger partial charge is 0.497 e. The fourth-order valence-electron chi connectivity index (χ4n) is 1.72. The first-order chi connectivity index (χ1) is 8.58. The van der Waals surface area contributed by atoms with E-state index in [1.807, 2.05) is 31.2 Å². The Balaban J connectivity index is 2.63. The van der Waals surface area contributed by atoms with E-state index in [1.165, 1.54) is 0 Å². The van der Waals surface area contributed by atoms with Gasteiger partial charge in [0.2, 0.25) is 0 Å². The van der Waals surface area contributed by atoms with Crippen molar-refractivity contribution in [2.75, 3.05) is 13.7 Å². The molecule has 0 amide bonds. The number of carbonyl (C=O) groups is 1. The summed E-state index contributed by atoms with van der Waals surface area (Å²) in [5.41, 5.74) is 1.07. The van der Waals surface area contributed by atoms with Crippen molar-refractivity contribution in [2.24, 2.45) is 0 Å². The van der Waals surface area contributed by atoms with E-state index in [2.05, 4.69) is 5.32 Å². The molecule has 0 aliphatic carbocycles. The molecule has 0 fully saturated rings. The summed E-state index contributed by atoms with van der Waals surface area (Å²) in [4.78, 5) is 11.5. The predicted molar refractivity (Wildman–Crippen MR) is 70.6 cm³/mol. The lowest BCUT2D eigenvalue weighted by molar-refractivity contribution is -0.145. The Labute approximate surface area is 108 Å². The molecular weight excluding hydrogens is 230 g/mol. The second kappa shape index (κ2) is 7.01. The quantitative estimate of drug-likeness (QED) is 0.788. The third-order valence-electron chi connectivity index (χ3n) is 2.73. The number of methoxy groups -OCH3 is 1. The highest BCUT2D eigenvalue weighted by molar-refractivity contribution is 5.75. The molecule has 1 N–H and O–H groups in total. The minimum atomic E-state index is -0.328. The van der Waals surface area contributed by atoms with Crippen LogP contribution in [0.15, 0.2) is 24.3 Å². The van der Waals surface area contributed by atoms with Crippen LogP contribution in [0.4, 0.5) is 0 Å². The number of ether oxygens (including phenoxy) is 2. The van der Waals surface area contributed by atoms with E-state index in [0.29, 0.717) is 6.61 Å². The summed E-state index contributed by atoms with van der Waals surface area (Å²) in [5.74, 6) is 0.581. The van der Waals surface area contributed by atoms with Gasteiger partial charge in [0.05, 0.1) is 13.7 Å². The average molecular weight is 251 g/mol. The first-order valence-electron chi connectivity index (χ1n) is 6.15. The van der Waals surface area contributed by atoms with Crippen LogP contribution in [0.2, 0.25) is 0 Å². The van der Waals surface area contributed by atoms with Crippen LogP contribution in [-0.2, 0) is 9.53 Å². The maximum Gasteiger partial charge on any atom is 0.322 e. The summed E-state index contributed by atoms with van der Waals surface area (Å²) < 4.78 is 10.1. The number of esters is 1. The van der Waals surface area contributed by atoms with Crippen LogP contribution in [0.3, 0.4) is 0 Å². The van der Waals surface area contributed by atoms with Crippen molar-refractivity contribution in [3.8, 4) is 5.75 Å². The normalized spacial score (nSPS) is 13.8. The highest BCUT2D eigenvalue weighted by Crippen LogP contribution is 2.19. The molecule has 100 valence electrons. The van der Waals surface area contributed by atoms with E-state index in [-0.39, 0.29) is 18.1 Å². The summed E-state index contributed by atoms with van der Waals surface area (Å²) in [6, 6.07) is 7.51. The minimum absolute atomic E-state index is 0.0551. The van der Waals surface area contributed by atoms with Crippen LogP contribution >= 0.6 is 0 Å². The van der Waals surface area contributed by atoms with Crippen LogP contribution < -0.4 is 10.1 Å². The van der Waals surface area contributed by atoms with E-state index in [1.54, 1.807) is 21.0 Å². The molecule has 18 heavy (non-hydrogen) atoms. The van der Waals surface area contributed by atoms with E-state index in [9.17, 15) is 4.79 Å². The highest BCUT2D eigenvalue weighted by Gasteiger charge is 2.17. The number of hydrogen-bond acceptors (Lipinski definition) is 4. The molecule has 0 aliphatic rings. The lowest BCUT2D eigenvalue weighted by atomic mass is 10.1. The molecule has 0 aliphatic heterocycles. The molecule has 0 heterocycles. The van der Waals surface area contributed by atoms with Crippen molar-refractivity contribution in [2.45, 2.75) is 32.9 Å². The third-order valence-corrected chi connectivity index (χ3v) is 2.73. The molecule has 1 aromatic rings. The van der Waals surface area contributed by atoms with Crippen molar-refractivity contribution < 1.29 is 14.3 Å². The Hall–Kier alpha value is -1.55. The van der Waals surface area contributed by atoms with Crippen LogP contribution in [-0.4, -0.2) is 25.7 Å². The Bertz CT molecular complexity index is 392. The molecule has 0 bridgehead atoms. The van der Waals surface area contributed by atoms with Gasteiger partial charge in [0.1, 0.15) is 11.8 Å². The molecular formula is C14H21NO3. The lowest BCUT2D eigenvalue weighted by Crippen LogP contribution is -2.37. The van der Waals surface area contributed by atoms with Gasteiger partial charge < -0.3 is 9.47 Å². The zero-order valence-electron chi connectivity index (χ0n) is 11.4. The average Bonchev–Trinajstić information content (AvgIpc) is 2.39. The topological polar surface area (TPSA) is 47.6 Å². The van der Waals surface area contributed by atoms with Crippen LogP contribution in [0.1, 0.15) is 32.4 Å². The molecule has 1 aromatic carbocycles. The smallest absolute Gasteiger partial charge is 0.322 e. The van der Waals surface area contributed by atoms with E-state index >= 15 is 0 Å². The Morgan fingerprint density at radius 2 is 2.11 bits per heavy atom. The molecule has 0 radical (unpaired) electrons. The predicted octanol–water partition coefficient (Wildman–Crippen LogP) is 2.30. The number of hydrogen-bond donors (Lipinski definition) is 1. The van der Waals surface area contributed by atoms with Crippen LogP contribution in [0.5, 0.6) is 5.75 Å². The van der Waals surface area contributed by atoms with Crippen LogP contribution in [0.25, 0.3) is 0 Å². The number of rotatable bonds is 6. The van der Waals surface area contributed by atoms with Gasteiger partial charge in [0.15, 0.2) is 0 Å². The molecule has 1 unspecified atom stereocenters. The molecule has 1 rings (SSSR count). The van der Waals surface area contributed by atoms with Crippen molar-refractivity contribution in [3.05, 3.63) is 29.8 Å². The zero-order chi connectivity index (χ0) is 13.5. The standard InChI is InChI=1S/C14H21NO3/c1-5-18-14(16)11(3)15-10(2)12-7-6-8-13(9-12)17-4/h6-11,15H,5H2,1-4H3/t10-,11?/m0/s1. The number of benzene rings is 1. The first-order valence-corrected chi connectivity index (χ1v) is 6.15. The molecule has 0 aromatic heterocycles. The van der Waals surface area contributed by atoms with Gasteiger partial charge in [0.25, 0.3) is 0 Å². The van der Waals surface area contributed by atoms with Gasteiger partial charge in [-0.05, 0) is 38.5 Å². The second-order valence-electron chi connectivity index (χ2n) is 4.14. The third kappa shape index (κ3) is 4.04. The Morgan fingerprint density at radius 3 is 2.72 bits per heavy atom. The lowest BCUT2D eigenvalue weighted by Gasteiger charge is -2.19. The van der Waals surface area contributed by atoms with Gasteiger partial charge >= 0.3 is 5.97 Å². The van der Waals surface area contributed by atoms with Gasteiger partial charge in [-0.15, -0.1) is 0 Å². The molecule has 4 nitrogen and oxygen atoms in total. The van der Waals surface area contributed by atoms with E-state index < -0.39 is 0 Å². The highest BCUT2D eigenvalue weighted by atomic mass is 16.5. The Kier molecular flexibility index (Phi) is 5.65. The molecule has 0 saturated carbocycles. The molecule has 4 heteroatoms. The van der Waals surface area contributed by atoms with Gasteiger partial charge in [-0.2, -0.15) is 0 Å². The SMILES string of the molecule is CCOC(=O)C(C)N[C@@H](C)c1cccc(OC)c1. The molecule has 0 spiro atoms. The fraction of sp³-hybridized carbons (Fsp3) is 0.500. The fourth-order valence-corrected chi connectivity index (χ4v) is 1.72. The maximum atomic E-state index is 11.5. The van der Waals surface area contributed by atoms with Gasteiger partial charge in [-0.1, -0.05) is 12.1 Å². The number of nitrogens with one attached hydrogen (secondary N) is 1. The maximum absolute atomic E-state index is 11.5. The van der Waals surface area contributed by atoms with Gasteiger partial charge in [-0.3, -0.25) is 10.1 Å². The monoisotopic (exact) mass is 251 g/mol. The molecule has 2 atom stereocenters. The summed E-state index contributed by atoms with van der Waals surface area (Å²) in [6.07, 6.45) is 0. The summed E-state index contributed by atoms with van der Waals surface area (Å²) in [5, 5.41) is 3.20. The number of carbonyl (C=O) groups excluding carboxylic acids is 1. The first kappa shape index (κ1) is 14.5. The summed E-state index contributed by atoms with van der Waals surface area (Å²) in [7, 11) is 1.64. The van der Waals surface area contributed by atoms with Crippen molar-refractivity contribution in [3.63, 3.8) is 0 Å². The van der Waals surface area contributed by atoms with Gasteiger partial charge in [0, 0.05) is 6.04 Å². The van der Waals surface area contributed by atoms with Gasteiger partial charge in [-0.25, -0.2) is 0 Å². The second-order valence-corrected chi connectivity index (χ2v) is 4.14. The van der Waals surface area contributed by atoms with Crippen molar-refractivity contribution >= 4 is 5.97 Å². The van der Waals surface area contributed by atoms with Crippen molar-refractivity contribution in [1.82, 2.24) is 5.32 Å². The van der Waals surface area contributed by atoms with E-state index in [0.717, 1.165) is 11.3 Å². The summed E-state index contributed by atoms with van der Waals surface area (Å²) in [6.45, 7) is 6.01. The van der Waals surface area contributed by atoms with Crippen LogP contribution in [0, 0.1) is 0 Å². The zero-order valence-corrected chi connectivity index (χ0v) is 11.4.